The summed E-state index contributed by atoms with van der Waals surface area (Å²) in [6.45, 7) is 6.65. The van der Waals surface area contributed by atoms with Gasteiger partial charge in [0.05, 0.1) is 26.0 Å². The molecule has 2 atom stereocenters. The summed E-state index contributed by atoms with van der Waals surface area (Å²) in [6.07, 6.45) is 1.27. The highest BCUT2D eigenvalue weighted by Crippen LogP contribution is 2.38. The lowest BCUT2D eigenvalue weighted by molar-refractivity contribution is -0.243. The number of hydrogen-bond donors (Lipinski definition) is 0. The van der Waals surface area contributed by atoms with Gasteiger partial charge in [0.15, 0.2) is 0 Å². The minimum atomic E-state index is -1.38. The van der Waals surface area contributed by atoms with E-state index in [1.165, 1.54) is 12.1 Å². The molecule has 162 valence electrons. The van der Waals surface area contributed by atoms with Gasteiger partial charge in [0.1, 0.15) is 28.0 Å². The molecule has 1 aliphatic rings. The van der Waals surface area contributed by atoms with Crippen LogP contribution in [0.25, 0.3) is 0 Å². The first kappa shape index (κ1) is 22.9. The maximum atomic E-state index is 14.0. The SMILES string of the molecule is CC(C)(C)[S+]([O-])N=CC[C@H](OCc1ccccc1)C1(c2cccc(F)c2)OCCO1. The van der Waals surface area contributed by atoms with Crippen molar-refractivity contribution in [3.63, 3.8) is 0 Å². The van der Waals surface area contributed by atoms with Crippen molar-refractivity contribution in [3.05, 3.63) is 71.5 Å². The summed E-state index contributed by atoms with van der Waals surface area (Å²) in [4.78, 5) is 0. The van der Waals surface area contributed by atoms with E-state index >= 15 is 0 Å². The lowest BCUT2D eigenvalue weighted by Gasteiger charge is -2.35. The number of ether oxygens (including phenoxy) is 3. The average Bonchev–Trinajstić information content (AvgIpc) is 3.21. The van der Waals surface area contributed by atoms with Gasteiger partial charge in [-0.25, -0.2) is 4.39 Å². The Hall–Kier alpha value is -1.77. The molecular formula is C23H28FNO4S. The lowest BCUT2D eigenvalue weighted by Crippen LogP contribution is -2.43. The Morgan fingerprint density at radius 3 is 2.50 bits per heavy atom. The number of halogens is 1. The van der Waals surface area contributed by atoms with Crippen LogP contribution in [0.4, 0.5) is 4.39 Å². The minimum Gasteiger partial charge on any atom is -0.591 e. The zero-order valence-corrected chi connectivity index (χ0v) is 18.4. The predicted molar refractivity (Wildman–Crippen MR) is 116 cm³/mol. The molecule has 0 N–H and O–H groups in total. The van der Waals surface area contributed by atoms with Crippen LogP contribution in [-0.2, 0) is 38.0 Å². The summed E-state index contributed by atoms with van der Waals surface area (Å²) in [7, 11) is 0. The molecule has 30 heavy (non-hydrogen) atoms. The number of rotatable bonds is 8. The van der Waals surface area contributed by atoms with E-state index in [2.05, 4.69) is 4.40 Å². The summed E-state index contributed by atoms with van der Waals surface area (Å²) >= 11 is -1.38. The molecule has 5 nitrogen and oxygen atoms in total. The summed E-state index contributed by atoms with van der Waals surface area (Å²) in [6, 6.07) is 15.9. The van der Waals surface area contributed by atoms with Gasteiger partial charge < -0.3 is 18.8 Å². The van der Waals surface area contributed by atoms with Gasteiger partial charge in [-0.3, -0.25) is 0 Å². The van der Waals surface area contributed by atoms with E-state index in [9.17, 15) is 8.94 Å². The van der Waals surface area contributed by atoms with E-state index in [4.69, 9.17) is 14.2 Å². The number of hydrogen-bond acceptors (Lipinski definition) is 5. The van der Waals surface area contributed by atoms with E-state index in [1.54, 1.807) is 18.3 Å². The molecule has 7 heteroatoms. The van der Waals surface area contributed by atoms with Crippen LogP contribution in [0, 0.1) is 5.82 Å². The van der Waals surface area contributed by atoms with Crippen LogP contribution >= 0.6 is 0 Å². The van der Waals surface area contributed by atoms with Crippen molar-refractivity contribution in [2.24, 2.45) is 4.40 Å². The molecule has 1 fully saturated rings. The van der Waals surface area contributed by atoms with Crippen molar-refractivity contribution in [3.8, 4) is 0 Å². The van der Waals surface area contributed by atoms with Gasteiger partial charge >= 0.3 is 0 Å². The highest BCUT2D eigenvalue weighted by molar-refractivity contribution is 7.91. The third kappa shape index (κ3) is 5.68. The second kappa shape index (κ2) is 10.0. The monoisotopic (exact) mass is 433 g/mol. The summed E-state index contributed by atoms with van der Waals surface area (Å²) in [5.74, 6) is -1.64. The number of benzene rings is 2. The van der Waals surface area contributed by atoms with Gasteiger partial charge in [-0.15, -0.1) is 0 Å². The Morgan fingerprint density at radius 2 is 1.87 bits per heavy atom. The molecule has 0 bridgehead atoms. The molecule has 0 amide bonds. The van der Waals surface area contributed by atoms with Crippen LogP contribution in [0.15, 0.2) is 59.0 Å². The first-order chi connectivity index (χ1) is 14.3. The second-order valence-corrected chi connectivity index (χ2v) is 9.98. The normalized spacial score (nSPS) is 18.6. The molecule has 0 spiro atoms. The molecule has 3 rings (SSSR count). The fourth-order valence-corrected chi connectivity index (χ4v) is 3.68. The molecule has 2 aromatic carbocycles. The largest absolute Gasteiger partial charge is 0.591 e. The van der Waals surface area contributed by atoms with Crippen molar-refractivity contribution < 1.29 is 23.2 Å². The second-order valence-electron chi connectivity index (χ2n) is 8.05. The quantitative estimate of drug-likeness (QED) is 0.453. The molecule has 0 saturated carbocycles. The summed E-state index contributed by atoms with van der Waals surface area (Å²) < 4.78 is 48.2. The van der Waals surface area contributed by atoms with Gasteiger partial charge in [-0.1, -0.05) is 46.9 Å². The Balaban J connectivity index is 1.87. The topological polar surface area (TPSA) is 63.1 Å². The predicted octanol–water partition coefficient (Wildman–Crippen LogP) is 4.53. The van der Waals surface area contributed by atoms with Crippen molar-refractivity contribution in [1.29, 1.82) is 0 Å². The van der Waals surface area contributed by atoms with E-state index in [1.807, 2.05) is 51.1 Å². The van der Waals surface area contributed by atoms with Gasteiger partial charge in [0, 0.05) is 12.0 Å². The molecule has 1 aliphatic heterocycles. The first-order valence-electron chi connectivity index (χ1n) is 9.95. The van der Waals surface area contributed by atoms with Crippen LogP contribution < -0.4 is 0 Å². The van der Waals surface area contributed by atoms with E-state index in [-0.39, 0.29) is 5.82 Å². The molecule has 0 aliphatic carbocycles. The lowest BCUT2D eigenvalue weighted by atomic mass is 9.97. The van der Waals surface area contributed by atoms with Gasteiger partial charge in [0.2, 0.25) is 5.79 Å². The Labute approximate surface area is 180 Å². The van der Waals surface area contributed by atoms with Gasteiger partial charge in [-0.2, -0.15) is 0 Å². The fraction of sp³-hybridized carbons (Fsp3) is 0.435. The molecule has 1 heterocycles. The Bertz CT molecular complexity index is 835. The van der Waals surface area contributed by atoms with Crippen LogP contribution in [0.2, 0.25) is 0 Å². The Morgan fingerprint density at radius 1 is 1.17 bits per heavy atom. The highest BCUT2D eigenvalue weighted by Gasteiger charge is 2.47. The molecule has 2 aromatic rings. The molecular weight excluding hydrogens is 405 g/mol. The zero-order chi connectivity index (χ0) is 21.6. The van der Waals surface area contributed by atoms with Crippen molar-refractivity contribution in [1.82, 2.24) is 0 Å². The highest BCUT2D eigenvalue weighted by atomic mass is 32.2. The van der Waals surface area contributed by atoms with Crippen LogP contribution in [-0.4, -0.2) is 34.8 Å². The first-order valence-corrected chi connectivity index (χ1v) is 11.1. The van der Waals surface area contributed by atoms with Gasteiger partial charge in [0.25, 0.3) is 0 Å². The third-order valence-corrected chi connectivity index (χ3v) is 6.06. The number of nitrogens with zero attached hydrogens (tertiary/aromatic N) is 1. The van der Waals surface area contributed by atoms with Crippen molar-refractivity contribution >= 4 is 17.6 Å². The van der Waals surface area contributed by atoms with Crippen LogP contribution in [0.3, 0.4) is 0 Å². The molecule has 1 unspecified atom stereocenters. The van der Waals surface area contributed by atoms with Crippen LogP contribution in [0.1, 0.15) is 38.3 Å². The zero-order valence-electron chi connectivity index (χ0n) is 17.5. The van der Waals surface area contributed by atoms with Crippen molar-refractivity contribution in [2.45, 2.75) is 50.4 Å². The van der Waals surface area contributed by atoms with E-state index < -0.39 is 28.0 Å². The van der Waals surface area contributed by atoms with E-state index in [0.29, 0.717) is 31.8 Å². The standard InChI is InChI=1S/C23H28FNO4S/c1-22(2,3)30(26)25-13-12-21(27-17-18-8-5-4-6-9-18)23(28-14-15-29-23)19-10-7-11-20(24)16-19/h4-11,13,16,21H,12,14-15,17H2,1-3H3/t21-,30?/m0/s1. The summed E-state index contributed by atoms with van der Waals surface area (Å²) in [5, 5.41) is 0. The maximum Gasteiger partial charge on any atom is 0.222 e. The molecule has 0 aromatic heterocycles. The Kier molecular flexibility index (Phi) is 7.65. The molecule has 0 radical (unpaired) electrons. The summed E-state index contributed by atoms with van der Waals surface area (Å²) in [5.41, 5.74) is 1.54. The maximum absolute atomic E-state index is 14.0. The third-order valence-electron chi connectivity index (χ3n) is 4.67. The van der Waals surface area contributed by atoms with Crippen molar-refractivity contribution in [2.75, 3.05) is 13.2 Å². The fourth-order valence-electron chi connectivity index (χ4n) is 3.14. The minimum absolute atomic E-state index is 0.297. The van der Waals surface area contributed by atoms with E-state index in [0.717, 1.165) is 5.56 Å². The average molecular weight is 434 g/mol. The van der Waals surface area contributed by atoms with Gasteiger partial charge in [-0.05, 0) is 38.5 Å². The van der Waals surface area contributed by atoms with Crippen LogP contribution in [0.5, 0.6) is 0 Å². The molecule has 1 saturated heterocycles. The smallest absolute Gasteiger partial charge is 0.222 e.